The SMILES string of the molecule is CO[C@@H]1C[C@@H](c2nc(C)c(C)[nH]2)N(C(=O)c2cn(CC3CC3)nn2)C1. The van der Waals surface area contributed by atoms with Gasteiger partial charge in [0, 0.05) is 32.3 Å². The summed E-state index contributed by atoms with van der Waals surface area (Å²) in [4.78, 5) is 22.7. The van der Waals surface area contributed by atoms with Crippen molar-refractivity contribution in [1.29, 1.82) is 0 Å². The van der Waals surface area contributed by atoms with Gasteiger partial charge in [0.25, 0.3) is 5.91 Å². The number of carbonyl (C=O) groups excluding carboxylic acids is 1. The number of aryl methyl sites for hydroxylation is 2. The Bertz CT molecular complexity index is 758. The average Bonchev–Trinajstić information content (AvgIpc) is 2.99. The third kappa shape index (κ3) is 3.18. The molecule has 2 atom stereocenters. The highest BCUT2D eigenvalue weighted by Gasteiger charge is 2.39. The predicted octanol–water partition coefficient (Wildman–Crippen LogP) is 1.63. The van der Waals surface area contributed by atoms with Crippen LogP contribution >= 0.6 is 0 Å². The van der Waals surface area contributed by atoms with E-state index < -0.39 is 0 Å². The number of aromatic nitrogens is 5. The van der Waals surface area contributed by atoms with Gasteiger partial charge in [0.1, 0.15) is 5.82 Å². The molecule has 2 aromatic heterocycles. The van der Waals surface area contributed by atoms with E-state index in [0.29, 0.717) is 18.2 Å². The number of hydrogen-bond acceptors (Lipinski definition) is 5. The van der Waals surface area contributed by atoms with Crippen LogP contribution in [-0.2, 0) is 11.3 Å². The number of amides is 1. The van der Waals surface area contributed by atoms with Crippen LogP contribution < -0.4 is 0 Å². The van der Waals surface area contributed by atoms with Crippen LogP contribution in [0.4, 0.5) is 0 Å². The summed E-state index contributed by atoms with van der Waals surface area (Å²) in [5.41, 5.74) is 2.37. The second kappa shape index (κ2) is 6.25. The van der Waals surface area contributed by atoms with Crippen LogP contribution in [-0.4, -0.2) is 55.5 Å². The van der Waals surface area contributed by atoms with Gasteiger partial charge in [-0.25, -0.2) is 4.98 Å². The Morgan fingerprint density at radius 3 is 2.84 bits per heavy atom. The molecule has 1 aliphatic carbocycles. The van der Waals surface area contributed by atoms with Crippen LogP contribution in [0.1, 0.15) is 53.0 Å². The molecule has 2 fully saturated rings. The first-order valence-electron chi connectivity index (χ1n) is 8.82. The van der Waals surface area contributed by atoms with Gasteiger partial charge in [-0.3, -0.25) is 9.48 Å². The molecule has 1 aliphatic heterocycles. The molecule has 2 aliphatic rings. The second-order valence-electron chi connectivity index (χ2n) is 7.17. The smallest absolute Gasteiger partial charge is 0.276 e. The highest BCUT2D eigenvalue weighted by Crippen LogP contribution is 2.33. The number of imidazole rings is 1. The third-order valence-corrected chi connectivity index (χ3v) is 5.22. The van der Waals surface area contributed by atoms with Gasteiger partial charge in [0.05, 0.1) is 24.0 Å². The summed E-state index contributed by atoms with van der Waals surface area (Å²) in [6, 6.07) is -0.126. The van der Waals surface area contributed by atoms with E-state index in [1.54, 1.807) is 22.9 Å². The van der Waals surface area contributed by atoms with Crippen LogP contribution in [0.2, 0.25) is 0 Å². The zero-order valence-electron chi connectivity index (χ0n) is 14.9. The zero-order chi connectivity index (χ0) is 17.6. The van der Waals surface area contributed by atoms with Crippen molar-refractivity contribution in [3.8, 4) is 0 Å². The highest BCUT2D eigenvalue weighted by molar-refractivity contribution is 5.92. The monoisotopic (exact) mass is 344 g/mol. The van der Waals surface area contributed by atoms with Gasteiger partial charge < -0.3 is 14.6 Å². The molecule has 0 bridgehead atoms. The number of nitrogens with zero attached hydrogens (tertiary/aromatic N) is 5. The fourth-order valence-electron chi connectivity index (χ4n) is 3.38. The Kier molecular flexibility index (Phi) is 4.07. The minimum Gasteiger partial charge on any atom is -0.380 e. The number of carbonyl (C=O) groups is 1. The first kappa shape index (κ1) is 16.3. The van der Waals surface area contributed by atoms with Gasteiger partial charge in [0.15, 0.2) is 5.69 Å². The maximum Gasteiger partial charge on any atom is 0.276 e. The van der Waals surface area contributed by atoms with Gasteiger partial charge in [-0.15, -0.1) is 5.10 Å². The number of nitrogens with one attached hydrogen (secondary N) is 1. The van der Waals surface area contributed by atoms with Crippen LogP contribution in [0.5, 0.6) is 0 Å². The maximum absolute atomic E-state index is 13.0. The third-order valence-electron chi connectivity index (χ3n) is 5.22. The Morgan fingerprint density at radius 1 is 1.40 bits per heavy atom. The van der Waals surface area contributed by atoms with E-state index in [-0.39, 0.29) is 18.1 Å². The summed E-state index contributed by atoms with van der Waals surface area (Å²) in [6.45, 7) is 5.34. The van der Waals surface area contributed by atoms with E-state index in [1.165, 1.54) is 12.8 Å². The summed E-state index contributed by atoms with van der Waals surface area (Å²) < 4.78 is 7.29. The predicted molar refractivity (Wildman–Crippen MR) is 90.0 cm³/mol. The number of methoxy groups -OCH3 is 1. The van der Waals surface area contributed by atoms with E-state index in [0.717, 1.165) is 30.2 Å². The van der Waals surface area contributed by atoms with Gasteiger partial charge in [-0.05, 0) is 32.6 Å². The number of H-pyrrole nitrogens is 1. The lowest BCUT2D eigenvalue weighted by Gasteiger charge is -2.21. The summed E-state index contributed by atoms with van der Waals surface area (Å²) in [5, 5.41) is 8.20. The summed E-state index contributed by atoms with van der Waals surface area (Å²) in [7, 11) is 1.68. The minimum absolute atomic E-state index is 0.00108. The van der Waals surface area contributed by atoms with Crippen LogP contribution in [0.3, 0.4) is 0 Å². The molecular formula is C17H24N6O2. The quantitative estimate of drug-likeness (QED) is 0.890. The average molecular weight is 344 g/mol. The first-order chi connectivity index (χ1) is 12.0. The lowest BCUT2D eigenvalue weighted by atomic mass is 10.2. The molecule has 1 amide bonds. The lowest BCUT2D eigenvalue weighted by molar-refractivity contribution is 0.0678. The molecule has 0 spiro atoms. The van der Waals surface area contributed by atoms with Crippen molar-refractivity contribution in [3.63, 3.8) is 0 Å². The molecule has 8 heteroatoms. The van der Waals surface area contributed by atoms with Crippen LogP contribution in [0.15, 0.2) is 6.20 Å². The lowest BCUT2D eigenvalue weighted by Crippen LogP contribution is -2.32. The molecule has 2 aromatic rings. The molecule has 1 saturated carbocycles. The summed E-state index contributed by atoms with van der Waals surface area (Å²) in [6.07, 6.45) is 4.97. The van der Waals surface area contributed by atoms with Crippen molar-refractivity contribution in [2.75, 3.05) is 13.7 Å². The maximum atomic E-state index is 13.0. The highest BCUT2D eigenvalue weighted by atomic mass is 16.5. The number of rotatable bonds is 5. The van der Waals surface area contributed by atoms with Crippen molar-refractivity contribution >= 4 is 5.91 Å². The fraction of sp³-hybridized carbons (Fsp3) is 0.647. The molecule has 8 nitrogen and oxygen atoms in total. The Balaban J connectivity index is 1.56. The van der Waals surface area contributed by atoms with Gasteiger partial charge >= 0.3 is 0 Å². The largest absolute Gasteiger partial charge is 0.380 e. The zero-order valence-corrected chi connectivity index (χ0v) is 14.9. The second-order valence-corrected chi connectivity index (χ2v) is 7.17. The van der Waals surface area contributed by atoms with E-state index in [1.807, 2.05) is 13.8 Å². The Morgan fingerprint density at radius 2 is 2.20 bits per heavy atom. The molecule has 0 radical (unpaired) electrons. The Hall–Kier alpha value is -2.22. The van der Waals surface area contributed by atoms with Crippen molar-refractivity contribution in [3.05, 3.63) is 29.1 Å². The van der Waals surface area contributed by atoms with Crippen molar-refractivity contribution < 1.29 is 9.53 Å². The molecular weight excluding hydrogens is 320 g/mol. The first-order valence-corrected chi connectivity index (χ1v) is 8.82. The Labute approximate surface area is 146 Å². The number of likely N-dealkylation sites (tertiary alicyclic amines) is 1. The van der Waals surface area contributed by atoms with Gasteiger partial charge in [-0.2, -0.15) is 0 Å². The molecule has 3 heterocycles. The summed E-state index contributed by atoms with van der Waals surface area (Å²) in [5.74, 6) is 1.39. The molecule has 4 rings (SSSR count). The van der Waals surface area contributed by atoms with E-state index in [9.17, 15) is 4.79 Å². The topological polar surface area (TPSA) is 88.9 Å². The molecule has 1 N–H and O–H groups in total. The molecule has 0 unspecified atom stereocenters. The number of aromatic amines is 1. The van der Waals surface area contributed by atoms with E-state index in [4.69, 9.17) is 4.74 Å². The fourth-order valence-corrected chi connectivity index (χ4v) is 3.38. The van der Waals surface area contributed by atoms with E-state index >= 15 is 0 Å². The van der Waals surface area contributed by atoms with Crippen LogP contribution in [0.25, 0.3) is 0 Å². The molecule has 25 heavy (non-hydrogen) atoms. The van der Waals surface area contributed by atoms with Crippen molar-refractivity contribution in [2.45, 2.75) is 51.8 Å². The normalized spacial score (nSPS) is 23.4. The van der Waals surface area contributed by atoms with Crippen molar-refractivity contribution in [2.24, 2.45) is 5.92 Å². The van der Waals surface area contributed by atoms with Gasteiger partial charge in [-0.1, -0.05) is 5.21 Å². The standard InChI is InChI=1S/C17H24N6O2/c1-10-11(2)19-16(18-10)15-6-13(25-3)8-23(15)17(24)14-9-22(21-20-14)7-12-4-5-12/h9,12-13,15H,4-8H2,1-3H3,(H,18,19)/t13-,15+/m1/s1. The molecule has 134 valence electrons. The van der Waals surface area contributed by atoms with Gasteiger partial charge in [0.2, 0.25) is 0 Å². The van der Waals surface area contributed by atoms with E-state index in [2.05, 4.69) is 20.3 Å². The van der Waals surface area contributed by atoms with Crippen LogP contribution in [0, 0.1) is 19.8 Å². The van der Waals surface area contributed by atoms with Crippen molar-refractivity contribution in [1.82, 2.24) is 29.9 Å². The number of ether oxygens (including phenoxy) is 1. The summed E-state index contributed by atoms with van der Waals surface area (Å²) >= 11 is 0. The molecule has 1 saturated heterocycles. The minimum atomic E-state index is -0.126. The molecule has 0 aromatic carbocycles. The number of hydrogen-bond donors (Lipinski definition) is 1.